The smallest absolute Gasteiger partial charge is 0.299 e. The quantitative estimate of drug-likeness (QED) is 0.369. The average molecular weight is 518 g/mol. The molecule has 5 rings (SSSR count). The molecule has 2 aliphatic rings. The summed E-state index contributed by atoms with van der Waals surface area (Å²) >= 11 is 0. The van der Waals surface area contributed by atoms with Crippen LogP contribution in [0.5, 0.6) is 5.75 Å². The Labute approximate surface area is 223 Å². The van der Waals surface area contributed by atoms with Crippen LogP contribution in [-0.4, -0.2) is 67.7 Å². The summed E-state index contributed by atoms with van der Waals surface area (Å²) < 4.78 is 23.1. The van der Waals surface area contributed by atoms with Crippen molar-refractivity contribution in [1.29, 1.82) is 0 Å². The SMILES string of the molecule is COC1NC=CC(C)=C1c1cc(-c2cnc(Nc3cc(OCCCN4CCOCC4)ccc3C)o2)ccn1. The molecule has 0 spiro atoms. The highest BCUT2D eigenvalue weighted by Gasteiger charge is 2.21. The molecule has 9 heteroatoms. The first-order valence-electron chi connectivity index (χ1n) is 13.0. The number of nitrogens with zero attached hydrogens (tertiary/aromatic N) is 3. The van der Waals surface area contributed by atoms with Gasteiger partial charge in [-0.25, -0.2) is 4.98 Å². The zero-order valence-corrected chi connectivity index (χ0v) is 22.2. The number of methoxy groups -OCH3 is 1. The number of allylic oxidation sites excluding steroid dienone is 2. The molecule has 3 aromatic rings. The zero-order valence-electron chi connectivity index (χ0n) is 22.2. The number of aryl methyl sites for hydroxylation is 1. The Bertz CT molecular complexity index is 1300. The van der Waals surface area contributed by atoms with E-state index in [0.717, 1.165) is 78.7 Å². The Morgan fingerprint density at radius 3 is 2.84 bits per heavy atom. The number of benzene rings is 1. The summed E-state index contributed by atoms with van der Waals surface area (Å²) in [5.41, 5.74) is 5.76. The molecule has 1 fully saturated rings. The van der Waals surface area contributed by atoms with E-state index in [1.54, 1.807) is 19.5 Å². The zero-order chi connectivity index (χ0) is 26.3. The maximum Gasteiger partial charge on any atom is 0.299 e. The number of oxazole rings is 1. The van der Waals surface area contributed by atoms with Gasteiger partial charge in [0.1, 0.15) is 5.75 Å². The molecule has 0 aliphatic carbocycles. The van der Waals surface area contributed by atoms with Gasteiger partial charge in [-0.2, -0.15) is 0 Å². The summed E-state index contributed by atoms with van der Waals surface area (Å²) in [6.45, 7) is 9.41. The summed E-state index contributed by atoms with van der Waals surface area (Å²) in [5.74, 6) is 1.47. The molecule has 38 heavy (non-hydrogen) atoms. The molecule has 200 valence electrons. The van der Waals surface area contributed by atoms with Crippen molar-refractivity contribution in [3.63, 3.8) is 0 Å². The van der Waals surface area contributed by atoms with Gasteiger partial charge in [0, 0.05) is 55.8 Å². The first-order valence-corrected chi connectivity index (χ1v) is 13.0. The van der Waals surface area contributed by atoms with Crippen molar-refractivity contribution in [2.24, 2.45) is 0 Å². The fourth-order valence-corrected chi connectivity index (χ4v) is 4.60. The lowest BCUT2D eigenvalue weighted by atomic mass is 10.00. The fourth-order valence-electron chi connectivity index (χ4n) is 4.60. The van der Waals surface area contributed by atoms with Crippen LogP contribution in [0.1, 0.15) is 24.6 Å². The standard InChI is InChI=1S/C29H35N5O4/c1-20-5-6-23(37-14-4-11-34-12-15-36-16-13-34)18-24(20)33-29-32-19-26(38-29)22-8-10-30-25(17-22)27-21(2)7-9-31-28(27)35-3/h5-10,17-19,28,31H,4,11-16H2,1-3H3,(H,32,33). The summed E-state index contributed by atoms with van der Waals surface area (Å²) in [5, 5.41) is 6.52. The lowest BCUT2D eigenvalue weighted by Gasteiger charge is -2.26. The van der Waals surface area contributed by atoms with E-state index in [2.05, 4.69) is 25.5 Å². The third-order valence-electron chi connectivity index (χ3n) is 6.77. The highest BCUT2D eigenvalue weighted by Crippen LogP contribution is 2.31. The predicted molar refractivity (Wildman–Crippen MR) is 147 cm³/mol. The Morgan fingerprint density at radius 2 is 2.00 bits per heavy atom. The van der Waals surface area contributed by atoms with Gasteiger partial charge in [-0.3, -0.25) is 9.88 Å². The first kappa shape index (κ1) is 26.0. The van der Waals surface area contributed by atoms with Gasteiger partial charge in [0.15, 0.2) is 12.0 Å². The number of aromatic nitrogens is 2. The normalized spacial score (nSPS) is 17.9. The maximum atomic E-state index is 6.07. The number of hydrogen-bond donors (Lipinski definition) is 2. The molecular weight excluding hydrogens is 482 g/mol. The molecule has 2 aliphatic heterocycles. The molecule has 0 bridgehead atoms. The number of anilines is 2. The van der Waals surface area contributed by atoms with Crippen LogP contribution in [0.15, 0.2) is 65.0 Å². The minimum atomic E-state index is -0.258. The summed E-state index contributed by atoms with van der Waals surface area (Å²) in [6, 6.07) is 10.3. The van der Waals surface area contributed by atoms with Gasteiger partial charge in [-0.05, 0) is 61.9 Å². The molecule has 0 radical (unpaired) electrons. The van der Waals surface area contributed by atoms with Crippen molar-refractivity contribution in [3.8, 4) is 17.1 Å². The van der Waals surface area contributed by atoms with E-state index in [9.17, 15) is 0 Å². The number of hydrogen-bond acceptors (Lipinski definition) is 9. The third-order valence-corrected chi connectivity index (χ3v) is 6.77. The van der Waals surface area contributed by atoms with E-state index in [1.165, 1.54) is 0 Å². The van der Waals surface area contributed by atoms with Gasteiger partial charge < -0.3 is 29.3 Å². The van der Waals surface area contributed by atoms with Crippen LogP contribution in [0.2, 0.25) is 0 Å². The van der Waals surface area contributed by atoms with Gasteiger partial charge in [0.05, 0.1) is 31.7 Å². The van der Waals surface area contributed by atoms with Gasteiger partial charge in [-0.15, -0.1) is 0 Å². The van der Waals surface area contributed by atoms with Crippen LogP contribution in [0.3, 0.4) is 0 Å². The first-order chi connectivity index (χ1) is 18.6. The number of pyridine rings is 1. The fraction of sp³-hybridized carbons (Fsp3) is 0.379. The molecule has 1 atom stereocenters. The molecule has 2 aromatic heterocycles. The van der Waals surface area contributed by atoms with Crippen molar-refractivity contribution in [3.05, 3.63) is 71.8 Å². The van der Waals surface area contributed by atoms with E-state index in [1.807, 2.05) is 56.5 Å². The number of dihydropyridines is 1. The van der Waals surface area contributed by atoms with Crippen LogP contribution in [0.25, 0.3) is 16.9 Å². The summed E-state index contributed by atoms with van der Waals surface area (Å²) in [7, 11) is 1.68. The van der Waals surface area contributed by atoms with Gasteiger partial charge in [-0.1, -0.05) is 6.07 Å². The van der Waals surface area contributed by atoms with Crippen LogP contribution in [0, 0.1) is 6.92 Å². The lowest BCUT2D eigenvalue weighted by Crippen LogP contribution is -2.37. The van der Waals surface area contributed by atoms with Crippen LogP contribution in [0.4, 0.5) is 11.7 Å². The van der Waals surface area contributed by atoms with Gasteiger partial charge >= 0.3 is 0 Å². The lowest BCUT2D eigenvalue weighted by molar-refractivity contribution is 0.0358. The van der Waals surface area contributed by atoms with Crippen LogP contribution < -0.4 is 15.4 Å². The Morgan fingerprint density at radius 1 is 1.13 bits per heavy atom. The van der Waals surface area contributed by atoms with Crippen molar-refractivity contribution in [2.45, 2.75) is 26.5 Å². The third kappa shape index (κ3) is 6.24. The second-order valence-corrected chi connectivity index (χ2v) is 9.43. The summed E-state index contributed by atoms with van der Waals surface area (Å²) in [6.07, 6.45) is 8.11. The number of rotatable bonds is 10. The Balaban J connectivity index is 1.24. The summed E-state index contributed by atoms with van der Waals surface area (Å²) in [4.78, 5) is 11.5. The van der Waals surface area contributed by atoms with Gasteiger partial charge in [0.25, 0.3) is 6.01 Å². The maximum absolute atomic E-state index is 6.07. The minimum absolute atomic E-state index is 0.258. The molecule has 1 unspecified atom stereocenters. The van der Waals surface area contributed by atoms with Crippen molar-refractivity contribution in [2.75, 3.05) is 51.9 Å². The molecule has 4 heterocycles. The topological polar surface area (TPSA) is 93.9 Å². The highest BCUT2D eigenvalue weighted by molar-refractivity contribution is 5.75. The number of morpholine rings is 1. The van der Waals surface area contributed by atoms with Crippen LogP contribution >= 0.6 is 0 Å². The average Bonchev–Trinajstić information content (AvgIpc) is 3.42. The van der Waals surface area contributed by atoms with Crippen LogP contribution in [-0.2, 0) is 9.47 Å². The molecule has 0 saturated carbocycles. The molecular formula is C29H35N5O4. The molecule has 2 N–H and O–H groups in total. The molecule has 1 saturated heterocycles. The van der Waals surface area contributed by atoms with E-state index in [4.69, 9.17) is 18.6 Å². The number of ether oxygens (including phenoxy) is 3. The second-order valence-electron chi connectivity index (χ2n) is 9.43. The van der Waals surface area contributed by atoms with E-state index in [0.29, 0.717) is 18.4 Å². The van der Waals surface area contributed by atoms with E-state index >= 15 is 0 Å². The van der Waals surface area contributed by atoms with Crippen molar-refractivity contribution < 1.29 is 18.6 Å². The van der Waals surface area contributed by atoms with Crippen molar-refractivity contribution in [1.82, 2.24) is 20.2 Å². The van der Waals surface area contributed by atoms with E-state index in [-0.39, 0.29) is 6.23 Å². The Kier molecular flexibility index (Phi) is 8.37. The largest absolute Gasteiger partial charge is 0.493 e. The second kappa shape index (κ2) is 12.3. The minimum Gasteiger partial charge on any atom is -0.493 e. The molecule has 1 aromatic carbocycles. The monoisotopic (exact) mass is 517 g/mol. The highest BCUT2D eigenvalue weighted by atomic mass is 16.5. The van der Waals surface area contributed by atoms with Gasteiger partial charge in [0.2, 0.25) is 0 Å². The Hall–Kier alpha value is -3.66. The number of nitrogens with one attached hydrogen (secondary N) is 2. The molecule has 9 nitrogen and oxygen atoms in total. The van der Waals surface area contributed by atoms with E-state index < -0.39 is 0 Å². The molecule has 0 amide bonds. The van der Waals surface area contributed by atoms with Crippen molar-refractivity contribution >= 4 is 17.3 Å². The predicted octanol–water partition coefficient (Wildman–Crippen LogP) is 4.75.